The van der Waals surface area contributed by atoms with E-state index in [4.69, 9.17) is 10.5 Å². The van der Waals surface area contributed by atoms with Crippen LogP contribution in [0.4, 0.5) is 8.78 Å². The van der Waals surface area contributed by atoms with Gasteiger partial charge in [-0.25, -0.2) is 8.78 Å². The second kappa shape index (κ2) is 6.32. The van der Waals surface area contributed by atoms with Crippen LogP contribution in [0.15, 0.2) is 36.4 Å². The molecule has 0 fully saturated rings. The van der Waals surface area contributed by atoms with Gasteiger partial charge in [0.25, 0.3) is 5.91 Å². The second-order valence-electron chi connectivity index (χ2n) is 4.38. The largest absolute Gasteiger partial charge is 0.450 e. The summed E-state index contributed by atoms with van der Waals surface area (Å²) >= 11 is 0. The van der Waals surface area contributed by atoms with Crippen molar-refractivity contribution in [2.24, 2.45) is 5.73 Å². The van der Waals surface area contributed by atoms with Crippen molar-refractivity contribution in [3.8, 4) is 11.5 Å². The molecule has 3 N–H and O–H groups in total. The first kappa shape index (κ1) is 14.9. The summed E-state index contributed by atoms with van der Waals surface area (Å²) in [7, 11) is 1.67. The lowest BCUT2D eigenvalue weighted by Gasteiger charge is -2.11. The monoisotopic (exact) mass is 292 g/mol. The van der Waals surface area contributed by atoms with Crippen LogP contribution in [0.2, 0.25) is 0 Å². The predicted octanol–water partition coefficient (Wildman–Crippen LogP) is 2.58. The Labute approximate surface area is 120 Å². The number of benzene rings is 2. The molecule has 110 valence electrons. The quantitative estimate of drug-likeness (QED) is 0.890. The van der Waals surface area contributed by atoms with Crippen molar-refractivity contribution in [1.29, 1.82) is 0 Å². The van der Waals surface area contributed by atoms with E-state index in [2.05, 4.69) is 5.32 Å². The molecule has 0 saturated carbocycles. The lowest BCUT2D eigenvalue weighted by atomic mass is 10.1. The van der Waals surface area contributed by atoms with E-state index in [1.807, 2.05) is 0 Å². The molecule has 0 aromatic heterocycles. The Balaban J connectivity index is 2.38. The summed E-state index contributed by atoms with van der Waals surface area (Å²) in [6.07, 6.45) is 0. The minimum absolute atomic E-state index is 0.00386. The molecule has 1 amide bonds. The van der Waals surface area contributed by atoms with Crippen LogP contribution in [0.5, 0.6) is 11.5 Å². The van der Waals surface area contributed by atoms with E-state index < -0.39 is 23.3 Å². The summed E-state index contributed by atoms with van der Waals surface area (Å²) < 4.78 is 33.1. The normalized spacial score (nSPS) is 10.4. The van der Waals surface area contributed by atoms with Gasteiger partial charge in [-0.15, -0.1) is 0 Å². The van der Waals surface area contributed by atoms with Gasteiger partial charge in [0.2, 0.25) is 0 Å². The van der Waals surface area contributed by atoms with Crippen molar-refractivity contribution in [2.75, 3.05) is 7.05 Å². The molecule has 6 heteroatoms. The molecule has 0 spiro atoms. The zero-order chi connectivity index (χ0) is 15.4. The standard InChI is InChI=1S/C15H14F2N2O2/c1-19-8-9-6-11(16)14(12(17)7-9)21-13-5-3-2-4-10(13)15(18)20/h2-7,19H,8H2,1H3,(H2,18,20). The highest BCUT2D eigenvalue weighted by Crippen LogP contribution is 2.30. The molecule has 0 unspecified atom stereocenters. The Morgan fingerprint density at radius 1 is 1.24 bits per heavy atom. The van der Waals surface area contributed by atoms with Crippen molar-refractivity contribution < 1.29 is 18.3 Å². The molecule has 2 rings (SSSR count). The van der Waals surface area contributed by atoms with Crippen LogP contribution < -0.4 is 15.8 Å². The van der Waals surface area contributed by atoms with E-state index >= 15 is 0 Å². The van der Waals surface area contributed by atoms with Crippen LogP contribution in [-0.4, -0.2) is 13.0 Å². The SMILES string of the molecule is CNCc1cc(F)c(Oc2ccccc2C(N)=O)c(F)c1. The van der Waals surface area contributed by atoms with Gasteiger partial charge < -0.3 is 15.8 Å². The van der Waals surface area contributed by atoms with Gasteiger partial charge in [-0.3, -0.25) is 4.79 Å². The molecule has 2 aromatic carbocycles. The maximum Gasteiger partial charge on any atom is 0.252 e. The van der Waals surface area contributed by atoms with E-state index in [0.29, 0.717) is 12.1 Å². The fourth-order valence-electron chi connectivity index (χ4n) is 1.89. The predicted molar refractivity (Wildman–Crippen MR) is 74.2 cm³/mol. The minimum atomic E-state index is -0.848. The summed E-state index contributed by atoms with van der Waals surface area (Å²) in [6, 6.07) is 8.33. The molecular formula is C15H14F2N2O2. The fourth-order valence-corrected chi connectivity index (χ4v) is 1.89. The Bertz CT molecular complexity index is 651. The number of hydrogen-bond acceptors (Lipinski definition) is 3. The molecule has 0 aliphatic heterocycles. The summed E-state index contributed by atoms with van der Waals surface area (Å²) in [5.74, 6) is -3.00. The third-order valence-corrected chi connectivity index (χ3v) is 2.80. The zero-order valence-corrected chi connectivity index (χ0v) is 11.3. The minimum Gasteiger partial charge on any atom is -0.450 e. The highest BCUT2D eigenvalue weighted by atomic mass is 19.1. The number of halogens is 2. The zero-order valence-electron chi connectivity index (χ0n) is 11.3. The summed E-state index contributed by atoms with van der Waals surface area (Å²) in [5, 5.41) is 2.80. The average Bonchev–Trinajstić information content (AvgIpc) is 2.43. The number of ether oxygens (including phenoxy) is 1. The Morgan fingerprint density at radius 3 is 2.43 bits per heavy atom. The third kappa shape index (κ3) is 3.35. The van der Waals surface area contributed by atoms with E-state index in [1.54, 1.807) is 19.2 Å². The topological polar surface area (TPSA) is 64.3 Å². The van der Waals surface area contributed by atoms with Crippen LogP contribution in [0.1, 0.15) is 15.9 Å². The second-order valence-corrected chi connectivity index (χ2v) is 4.38. The van der Waals surface area contributed by atoms with Gasteiger partial charge in [-0.05, 0) is 36.9 Å². The van der Waals surface area contributed by atoms with E-state index in [9.17, 15) is 13.6 Å². The van der Waals surface area contributed by atoms with Crippen LogP contribution in [-0.2, 0) is 6.54 Å². The molecule has 0 bridgehead atoms. The fraction of sp³-hybridized carbons (Fsp3) is 0.133. The van der Waals surface area contributed by atoms with Gasteiger partial charge in [0.05, 0.1) is 5.56 Å². The molecule has 0 aliphatic rings. The number of nitrogens with one attached hydrogen (secondary N) is 1. The van der Waals surface area contributed by atoms with Crippen molar-refractivity contribution in [2.45, 2.75) is 6.54 Å². The Hall–Kier alpha value is -2.47. The van der Waals surface area contributed by atoms with E-state index in [1.165, 1.54) is 24.3 Å². The molecule has 0 aliphatic carbocycles. The van der Waals surface area contributed by atoms with Crippen LogP contribution in [0.25, 0.3) is 0 Å². The van der Waals surface area contributed by atoms with Crippen LogP contribution in [0.3, 0.4) is 0 Å². The number of nitrogens with two attached hydrogens (primary N) is 1. The lowest BCUT2D eigenvalue weighted by molar-refractivity contribution is 0.0998. The van der Waals surface area contributed by atoms with Crippen molar-refractivity contribution in [3.05, 3.63) is 59.2 Å². The number of rotatable bonds is 5. The first-order chi connectivity index (χ1) is 10.0. The molecule has 2 aromatic rings. The van der Waals surface area contributed by atoms with Gasteiger partial charge in [-0.2, -0.15) is 0 Å². The third-order valence-electron chi connectivity index (χ3n) is 2.80. The van der Waals surface area contributed by atoms with Gasteiger partial charge in [0.1, 0.15) is 5.75 Å². The molecule has 0 saturated heterocycles. The van der Waals surface area contributed by atoms with Gasteiger partial charge >= 0.3 is 0 Å². The first-order valence-corrected chi connectivity index (χ1v) is 6.22. The highest BCUT2D eigenvalue weighted by molar-refractivity contribution is 5.95. The summed E-state index contributed by atoms with van der Waals surface area (Å²) in [4.78, 5) is 11.3. The van der Waals surface area contributed by atoms with Gasteiger partial charge in [0, 0.05) is 6.54 Å². The Morgan fingerprint density at radius 2 is 1.86 bits per heavy atom. The molecule has 0 atom stereocenters. The average molecular weight is 292 g/mol. The highest BCUT2D eigenvalue weighted by Gasteiger charge is 2.16. The molecule has 21 heavy (non-hydrogen) atoms. The molecule has 0 heterocycles. The number of hydrogen-bond donors (Lipinski definition) is 2. The van der Waals surface area contributed by atoms with Crippen LogP contribution >= 0.6 is 0 Å². The number of para-hydroxylation sites is 1. The summed E-state index contributed by atoms with van der Waals surface area (Å²) in [6.45, 7) is 0.325. The smallest absolute Gasteiger partial charge is 0.252 e. The number of amides is 1. The number of carbonyl (C=O) groups excluding carboxylic acids is 1. The van der Waals surface area contributed by atoms with Crippen LogP contribution in [0, 0.1) is 11.6 Å². The molecule has 4 nitrogen and oxygen atoms in total. The van der Waals surface area contributed by atoms with Crippen molar-refractivity contribution in [1.82, 2.24) is 5.32 Å². The Kier molecular flexibility index (Phi) is 4.49. The van der Waals surface area contributed by atoms with E-state index in [-0.39, 0.29) is 11.3 Å². The van der Waals surface area contributed by atoms with Crippen molar-refractivity contribution in [3.63, 3.8) is 0 Å². The van der Waals surface area contributed by atoms with Gasteiger partial charge in [-0.1, -0.05) is 12.1 Å². The van der Waals surface area contributed by atoms with E-state index in [0.717, 1.165) is 0 Å². The molecular weight excluding hydrogens is 278 g/mol. The maximum atomic E-state index is 13.9. The number of primary amides is 1. The number of carbonyl (C=O) groups is 1. The van der Waals surface area contributed by atoms with Gasteiger partial charge in [0.15, 0.2) is 17.4 Å². The van der Waals surface area contributed by atoms with Crippen molar-refractivity contribution >= 4 is 5.91 Å². The lowest BCUT2D eigenvalue weighted by Crippen LogP contribution is -2.12. The maximum absolute atomic E-state index is 13.9. The first-order valence-electron chi connectivity index (χ1n) is 6.22. The molecule has 0 radical (unpaired) electrons. The summed E-state index contributed by atoms with van der Waals surface area (Å²) in [5.41, 5.74) is 5.69.